The second-order valence-corrected chi connectivity index (χ2v) is 8.62. The van der Waals surface area contributed by atoms with Gasteiger partial charge < -0.3 is 9.47 Å². The number of nitrogens with zero attached hydrogens (tertiary/aromatic N) is 2. The fraction of sp³-hybridized carbons (Fsp3) is 0.667. The van der Waals surface area contributed by atoms with Gasteiger partial charge in [-0.25, -0.2) is 0 Å². The molecule has 4 nitrogen and oxygen atoms in total. The lowest BCUT2D eigenvalue weighted by Crippen LogP contribution is -2.40. The van der Waals surface area contributed by atoms with E-state index in [-0.39, 0.29) is 29.3 Å². The van der Waals surface area contributed by atoms with Crippen molar-refractivity contribution < 1.29 is 18.0 Å². The Balaban J connectivity index is 1.81. The number of carbonyl (C=O) groups is 1. The molecule has 138 valence electrons. The molecule has 1 amide bonds. The zero-order valence-electron chi connectivity index (χ0n) is 14.7. The molecule has 1 aromatic heterocycles. The minimum Gasteiger partial charge on any atom is -0.338 e. The first-order valence-corrected chi connectivity index (χ1v) is 8.46. The summed E-state index contributed by atoms with van der Waals surface area (Å²) in [5.74, 6) is -0.284. The van der Waals surface area contributed by atoms with Gasteiger partial charge >= 0.3 is 6.18 Å². The molecule has 1 aliphatic carbocycles. The summed E-state index contributed by atoms with van der Waals surface area (Å²) in [6.07, 6.45) is -0.996. The van der Waals surface area contributed by atoms with Gasteiger partial charge in [-0.2, -0.15) is 13.2 Å². The minimum absolute atomic E-state index is 0.0425. The van der Waals surface area contributed by atoms with Crippen molar-refractivity contribution >= 4 is 5.91 Å². The molecule has 1 aliphatic heterocycles. The predicted octanol–water partition coefficient (Wildman–Crippen LogP) is 3.29. The Bertz CT molecular complexity index is 753. The maximum absolute atomic E-state index is 12.8. The van der Waals surface area contributed by atoms with Crippen molar-refractivity contribution in [2.45, 2.75) is 58.8 Å². The van der Waals surface area contributed by atoms with Crippen molar-refractivity contribution in [2.75, 3.05) is 6.54 Å². The number of halogens is 3. The molecule has 0 N–H and O–H groups in total. The van der Waals surface area contributed by atoms with Gasteiger partial charge in [0.1, 0.15) is 6.54 Å². The van der Waals surface area contributed by atoms with E-state index in [4.69, 9.17) is 0 Å². The van der Waals surface area contributed by atoms with E-state index in [0.717, 1.165) is 42.2 Å². The second-order valence-electron chi connectivity index (χ2n) is 8.62. The Kier molecular flexibility index (Phi) is 4.04. The highest BCUT2D eigenvalue weighted by molar-refractivity contribution is 5.77. The number of rotatable bonds is 2. The van der Waals surface area contributed by atoms with E-state index < -0.39 is 17.3 Å². The number of likely N-dealkylation sites (tertiary alicyclic amines) is 1. The summed E-state index contributed by atoms with van der Waals surface area (Å²) in [7, 11) is 0. The highest BCUT2D eigenvalue weighted by Gasteiger charge is 2.50. The van der Waals surface area contributed by atoms with E-state index in [1.807, 2.05) is 0 Å². The van der Waals surface area contributed by atoms with Crippen LogP contribution in [-0.2, 0) is 17.5 Å². The van der Waals surface area contributed by atoms with Crippen molar-refractivity contribution in [1.29, 1.82) is 0 Å². The fourth-order valence-electron chi connectivity index (χ4n) is 4.81. The number of fused-ring (bicyclic) bond motifs is 2. The molecule has 2 atom stereocenters. The molecule has 7 heteroatoms. The molecule has 25 heavy (non-hydrogen) atoms. The fourth-order valence-corrected chi connectivity index (χ4v) is 4.81. The summed E-state index contributed by atoms with van der Waals surface area (Å²) in [5.41, 5.74) is -1.34. The molecule has 2 fully saturated rings. The third-order valence-electron chi connectivity index (χ3n) is 5.35. The third kappa shape index (κ3) is 3.60. The molecular formula is C18H23F3N2O2. The summed E-state index contributed by atoms with van der Waals surface area (Å²) < 4.78 is 39.4. The van der Waals surface area contributed by atoms with Crippen molar-refractivity contribution in [3.63, 3.8) is 0 Å². The van der Waals surface area contributed by atoms with Crippen molar-refractivity contribution in [3.8, 4) is 0 Å². The third-order valence-corrected chi connectivity index (χ3v) is 5.35. The van der Waals surface area contributed by atoms with E-state index in [0.29, 0.717) is 6.54 Å². The van der Waals surface area contributed by atoms with Gasteiger partial charge in [0.25, 0.3) is 5.56 Å². The monoisotopic (exact) mass is 356 g/mol. The summed E-state index contributed by atoms with van der Waals surface area (Å²) in [4.78, 5) is 26.3. The average molecular weight is 356 g/mol. The van der Waals surface area contributed by atoms with Crippen molar-refractivity contribution in [2.24, 2.45) is 10.8 Å². The van der Waals surface area contributed by atoms with E-state index >= 15 is 0 Å². The van der Waals surface area contributed by atoms with Crippen LogP contribution in [0.2, 0.25) is 0 Å². The lowest BCUT2D eigenvalue weighted by Gasteiger charge is -2.39. The van der Waals surface area contributed by atoms with Crippen LogP contribution in [0.3, 0.4) is 0 Å². The van der Waals surface area contributed by atoms with E-state index in [1.54, 1.807) is 4.90 Å². The first-order chi connectivity index (χ1) is 11.4. The Morgan fingerprint density at radius 2 is 1.92 bits per heavy atom. The number of amides is 1. The summed E-state index contributed by atoms with van der Waals surface area (Å²) in [6, 6.07) is 1.71. The van der Waals surface area contributed by atoms with Crippen LogP contribution in [0.4, 0.5) is 13.2 Å². The maximum Gasteiger partial charge on any atom is 0.417 e. The van der Waals surface area contributed by atoms with E-state index in [9.17, 15) is 22.8 Å². The Hall–Kier alpha value is -1.79. The van der Waals surface area contributed by atoms with Gasteiger partial charge in [0.2, 0.25) is 5.91 Å². The standard InChI is InChI=1S/C18H23F3N2O2/c1-16(2)6-13-7-17(3,10-16)11-23(13)15(25)9-22-8-12(18(19,20)21)4-5-14(22)24/h4-5,8,13H,6-7,9-11H2,1-3H3. The van der Waals surface area contributed by atoms with Crippen LogP contribution in [-0.4, -0.2) is 28.0 Å². The van der Waals surface area contributed by atoms with Crippen molar-refractivity contribution in [3.05, 3.63) is 34.2 Å². The highest BCUT2D eigenvalue weighted by Crippen LogP contribution is 2.52. The van der Waals surface area contributed by atoms with Crippen LogP contribution in [0.5, 0.6) is 0 Å². The first-order valence-electron chi connectivity index (χ1n) is 8.46. The van der Waals surface area contributed by atoms with Gasteiger partial charge in [-0.1, -0.05) is 20.8 Å². The van der Waals surface area contributed by atoms with Gasteiger partial charge in [-0.15, -0.1) is 0 Å². The lowest BCUT2D eigenvalue weighted by molar-refractivity contribution is -0.139. The quantitative estimate of drug-likeness (QED) is 0.816. The smallest absolute Gasteiger partial charge is 0.338 e. The number of aromatic nitrogens is 1. The first kappa shape index (κ1) is 18.0. The molecule has 2 aliphatic rings. The second kappa shape index (κ2) is 5.61. The van der Waals surface area contributed by atoms with Crippen LogP contribution in [0, 0.1) is 10.8 Å². The van der Waals surface area contributed by atoms with Gasteiger partial charge in [-0.3, -0.25) is 9.59 Å². The zero-order chi connectivity index (χ0) is 18.6. The average Bonchev–Trinajstić information content (AvgIpc) is 2.69. The van der Waals surface area contributed by atoms with Gasteiger partial charge in [0, 0.05) is 24.8 Å². The molecule has 0 radical (unpaired) electrons. The molecule has 2 unspecified atom stereocenters. The summed E-state index contributed by atoms with van der Waals surface area (Å²) in [6.45, 7) is 6.78. The maximum atomic E-state index is 12.8. The zero-order valence-corrected chi connectivity index (χ0v) is 14.7. The molecule has 2 heterocycles. The molecule has 0 aromatic carbocycles. The number of hydrogen-bond donors (Lipinski definition) is 0. The number of pyridine rings is 1. The van der Waals surface area contributed by atoms with Crippen LogP contribution < -0.4 is 5.56 Å². The highest BCUT2D eigenvalue weighted by atomic mass is 19.4. The largest absolute Gasteiger partial charge is 0.417 e. The lowest BCUT2D eigenvalue weighted by atomic mass is 9.65. The Labute approximate surface area is 144 Å². The molecule has 1 aromatic rings. The van der Waals surface area contributed by atoms with E-state index in [2.05, 4.69) is 20.8 Å². The number of alkyl halides is 3. The molecular weight excluding hydrogens is 333 g/mol. The van der Waals surface area contributed by atoms with Crippen molar-refractivity contribution in [1.82, 2.24) is 9.47 Å². The van der Waals surface area contributed by atoms with E-state index in [1.165, 1.54) is 0 Å². The molecule has 1 saturated heterocycles. The van der Waals surface area contributed by atoms with Gasteiger partial charge in [0.15, 0.2) is 0 Å². The van der Waals surface area contributed by atoms with Crippen LogP contribution in [0.1, 0.15) is 45.6 Å². The SMILES string of the molecule is CC1(C)CC2CC(C)(CN2C(=O)Cn2cc(C(F)(F)F)ccc2=O)C1. The predicted molar refractivity (Wildman–Crippen MR) is 86.9 cm³/mol. The van der Waals surface area contributed by atoms with Gasteiger partial charge in [-0.05, 0) is 36.2 Å². The van der Waals surface area contributed by atoms with Crippen LogP contribution in [0.15, 0.2) is 23.1 Å². The Morgan fingerprint density at radius 1 is 1.24 bits per heavy atom. The Morgan fingerprint density at radius 3 is 2.56 bits per heavy atom. The summed E-state index contributed by atoms with van der Waals surface area (Å²) >= 11 is 0. The summed E-state index contributed by atoms with van der Waals surface area (Å²) in [5, 5.41) is 0. The van der Waals surface area contributed by atoms with Gasteiger partial charge in [0.05, 0.1) is 5.56 Å². The minimum atomic E-state index is -4.54. The number of carbonyl (C=O) groups excluding carboxylic acids is 1. The van der Waals surface area contributed by atoms with Crippen LogP contribution in [0.25, 0.3) is 0 Å². The molecule has 3 rings (SSSR count). The number of hydrogen-bond acceptors (Lipinski definition) is 2. The molecule has 2 bridgehead atoms. The molecule has 1 saturated carbocycles. The normalized spacial score (nSPS) is 28.2. The topological polar surface area (TPSA) is 42.3 Å². The van der Waals surface area contributed by atoms with Crippen LogP contribution >= 0.6 is 0 Å². The molecule has 0 spiro atoms.